The van der Waals surface area contributed by atoms with E-state index in [9.17, 15) is 31.2 Å². The molecule has 1 atom stereocenters. The minimum Gasteiger partial charge on any atom is -0.323 e. The van der Waals surface area contributed by atoms with Crippen LogP contribution < -0.4 is 5.32 Å². The minimum atomic E-state index is -4.17. The Hall–Kier alpha value is -3.05. The molecule has 1 heterocycles. The normalized spacial score (nSPS) is 24.0. The van der Waals surface area contributed by atoms with Crippen molar-refractivity contribution >= 4 is 37.4 Å². The number of nitrogens with one attached hydrogen (secondary N) is 1. The Balaban J connectivity index is 1.50. The lowest BCUT2D eigenvalue weighted by Crippen LogP contribution is -2.57. The zero-order chi connectivity index (χ0) is 29.8. The van der Waals surface area contributed by atoms with Gasteiger partial charge in [-0.25, -0.2) is 26.5 Å². The van der Waals surface area contributed by atoms with Crippen molar-refractivity contribution in [1.29, 1.82) is 0 Å². The number of nitrogens with zero attached hydrogens (tertiary/aromatic N) is 1. The first-order valence-electron chi connectivity index (χ1n) is 14.0. The molecule has 2 aliphatic carbocycles. The average molecular weight is 601 g/mol. The molecule has 1 aliphatic heterocycles. The monoisotopic (exact) mass is 600 g/mol. The van der Waals surface area contributed by atoms with Crippen molar-refractivity contribution in [3.8, 4) is 0 Å². The molecule has 0 aromatic heterocycles. The SMILES string of the molecule is Cc1ccc(S(=O)(=O)C2(C(=O)CC3(C)NC(=O)N(C4(S(=O)(=O)c5ccc(C)cc5)CCCC4)C3=O)CCCC2)cc1. The van der Waals surface area contributed by atoms with Gasteiger partial charge in [-0.3, -0.25) is 9.59 Å². The van der Waals surface area contributed by atoms with E-state index in [1.807, 2.05) is 13.8 Å². The Kier molecular flexibility index (Phi) is 7.21. The predicted molar refractivity (Wildman–Crippen MR) is 153 cm³/mol. The summed E-state index contributed by atoms with van der Waals surface area (Å²) >= 11 is 0. The number of hydrogen-bond acceptors (Lipinski definition) is 7. The van der Waals surface area contributed by atoms with Gasteiger partial charge in [-0.15, -0.1) is 0 Å². The molecule has 1 saturated heterocycles. The van der Waals surface area contributed by atoms with E-state index in [0.717, 1.165) is 16.0 Å². The minimum absolute atomic E-state index is 0.0179. The molecule has 0 radical (unpaired) electrons. The third-order valence-corrected chi connectivity index (χ3v) is 14.2. The molecule has 220 valence electrons. The van der Waals surface area contributed by atoms with E-state index in [1.165, 1.54) is 31.2 Å². The number of carbonyl (C=O) groups is 3. The van der Waals surface area contributed by atoms with Gasteiger partial charge in [0.1, 0.15) is 10.3 Å². The van der Waals surface area contributed by atoms with Crippen LogP contribution in [-0.4, -0.2) is 54.6 Å². The summed E-state index contributed by atoms with van der Waals surface area (Å²) in [5.41, 5.74) is -0.0405. The van der Waals surface area contributed by atoms with Gasteiger partial charge in [-0.1, -0.05) is 48.2 Å². The lowest BCUT2D eigenvalue weighted by molar-refractivity contribution is -0.136. The van der Waals surface area contributed by atoms with Gasteiger partial charge >= 0.3 is 6.03 Å². The number of urea groups is 1. The number of imide groups is 1. The standard InChI is InChI=1S/C30H36N2O7S2/c1-21-8-12-23(13-9-21)40(36,37)29(16-4-5-17-29)25(33)20-28(3)26(34)32(27(35)31-28)30(18-6-7-19-30)41(38,39)24-14-10-22(2)11-15-24/h8-15H,4-7,16-20H2,1-3H3,(H,31,35). The molecule has 2 aromatic rings. The first-order chi connectivity index (χ1) is 19.2. The summed E-state index contributed by atoms with van der Waals surface area (Å²) in [6.45, 7) is 5.05. The number of Topliss-reactive ketones (excluding diaryl/α,β-unsaturated/α-hetero) is 1. The van der Waals surface area contributed by atoms with Crippen molar-refractivity contribution < 1.29 is 31.2 Å². The summed E-state index contributed by atoms with van der Waals surface area (Å²) in [6, 6.07) is 11.7. The number of ketones is 1. The summed E-state index contributed by atoms with van der Waals surface area (Å²) < 4.78 is 54.1. The predicted octanol–water partition coefficient (Wildman–Crippen LogP) is 4.40. The quantitative estimate of drug-likeness (QED) is 0.444. The number of sulfone groups is 2. The van der Waals surface area contributed by atoms with Crippen molar-refractivity contribution in [1.82, 2.24) is 10.2 Å². The zero-order valence-electron chi connectivity index (χ0n) is 23.6. The highest BCUT2D eigenvalue weighted by molar-refractivity contribution is 7.93. The number of carbonyl (C=O) groups excluding carboxylic acids is 3. The van der Waals surface area contributed by atoms with Gasteiger partial charge in [0.25, 0.3) is 5.91 Å². The third kappa shape index (κ3) is 4.43. The molecule has 2 aromatic carbocycles. The van der Waals surface area contributed by atoms with Crippen LogP contribution in [0, 0.1) is 13.8 Å². The molecule has 11 heteroatoms. The summed E-state index contributed by atoms with van der Waals surface area (Å²) in [5, 5.41) is 2.59. The molecule has 2 saturated carbocycles. The summed E-state index contributed by atoms with van der Waals surface area (Å²) in [7, 11) is -8.27. The highest BCUT2D eigenvalue weighted by Gasteiger charge is 2.64. The molecule has 9 nitrogen and oxygen atoms in total. The molecule has 1 N–H and O–H groups in total. The zero-order valence-corrected chi connectivity index (χ0v) is 25.2. The van der Waals surface area contributed by atoms with Crippen LogP contribution in [-0.2, 0) is 29.3 Å². The average Bonchev–Trinajstić information content (AvgIpc) is 3.65. The van der Waals surface area contributed by atoms with Crippen LogP contribution in [0.25, 0.3) is 0 Å². The van der Waals surface area contributed by atoms with Crippen LogP contribution in [0.4, 0.5) is 4.79 Å². The Labute approximate surface area is 241 Å². The maximum atomic E-state index is 14.1. The summed E-state index contributed by atoms with van der Waals surface area (Å²) in [5.74, 6) is -1.47. The molecule has 3 fully saturated rings. The molecular formula is C30H36N2O7S2. The molecule has 5 rings (SSSR count). The lowest BCUT2D eigenvalue weighted by atomic mass is 9.88. The molecule has 0 bridgehead atoms. The molecule has 0 spiro atoms. The van der Waals surface area contributed by atoms with Gasteiger partial charge in [-0.05, 0) is 83.6 Å². The number of hydrogen-bond donors (Lipinski definition) is 1. The van der Waals surface area contributed by atoms with E-state index in [2.05, 4.69) is 5.32 Å². The second-order valence-corrected chi connectivity index (χ2v) is 16.5. The molecule has 1 unspecified atom stereocenters. The van der Waals surface area contributed by atoms with Crippen LogP contribution in [0.15, 0.2) is 58.3 Å². The van der Waals surface area contributed by atoms with Crippen molar-refractivity contribution in [2.24, 2.45) is 0 Å². The van der Waals surface area contributed by atoms with E-state index in [0.29, 0.717) is 25.7 Å². The van der Waals surface area contributed by atoms with Gasteiger partial charge in [0.2, 0.25) is 9.84 Å². The molecule has 3 amide bonds. The first-order valence-corrected chi connectivity index (χ1v) is 17.0. The molecule has 3 aliphatic rings. The Bertz CT molecular complexity index is 1600. The van der Waals surface area contributed by atoms with E-state index in [1.54, 1.807) is 24.3 Å². The highest BCUT2D eigenvalue weighted by Crippen LogP contribution is 2.47. The topological polar surface area (TPSA) is 135 Å². The van der Waals surface area contributed by atoms with Gasteiger partial charge in [-0.2, -0.15) is 0 Å². The van der Waals surface area contributed by atoms with Crippen molar-refractivity contribution in [3.05, 3.63) is 59.7 Å². The van der Waals surface area contributed by atoms with Crippen LogP contribution >= 0.6 is 0 Å². The smallest absolute Gasteiger partial charge is 0.323 e. The van der Waals surface area contributed by atoms with Crippen LogP contribution in [0.1, 0.15) is 75.8 Å². The van der Waals surface area contributed by atoms with Crippen LogP contribution in [0.5, 0.6) is 0 Å². The fourth-order valence-corrected chi connectivity index (χ4v) is 11.0. The van der Waals surface area contributed by atoms with Gasteiger partial charge in [0.15, 0.2) is 20.5 Å². The second-order valence-electron chi connectivity index (χ2n) is 12.0. The van der Waals surface area contributed by atoms with E-state index < -0.39 is 59.0 Å². The second kappa shape index (κ2) is 10.0. The largest absolute Gasteiger partial charge is 0.326 e. The van der Waals surface area contributed by atoms with Crippen molar-refractivity contribution in [2.45, 2.75) is 104 Å². The number of benzene rings is 2. The number of rotatable bonds is 8. The van der Waals surface area contributed by atoms with Crippen LogP contribution in [0.2, 0.25) is 0 Å². The van der Waals surface area contributed by atoms with Crippen molar-refractivity contribution in [2.75, 3.05) is 0 Å². The maximum Gasteiger partial charge on any atom is 0.326 e. The van der Waals surface area contributed by atoms with E-state index in [-0.39, 0.29) is 35.5 Å². The maximum absolute atomic E-state index is 14.1. The van der Waals surface area contributed by atoms with Gasteiger partial charge in [0.05, 0.1) is 9.79 Å². The highest BCUT2D eigenvalue weighted by atomic mass is 32.2. The van der Waals surface area contributed by atoms with E-state index >= 15 is 0 Å². The molecule has 41 heavy (non-hydrogen) atoms. The Morgan fingerprint density at radius 1 is 0.756 bits per heavy atom. The Morgan fingerprint density at radius 3 is 1.68 bits per heavy atom. The lowest BCUT2D eigenvalue weighted by Gasteiger charge is -2.36. The summed E-state index contributed by atoms with van der Waals surface area (Å²) in [4.78, 5) is 40.6. The first kappa shape index (κ1) is 29.4. The fraction of sp³-hybridized carbons (Fsp3) is 0.500. The molecular weight excluding hydrogens is 564 g/mol. The van der Waals surface area contributed by atoms with E-state index in [4.69, 9.17) is 0 Å². The van der Waals surface area contributed by atoms with Gasteiger partial charge < -0.3 is 5.32 Å². The Morgan fingerprint density at radius 2 is 1.20 bits per heavy atom. The third-order valence-electron chi connectivity index (χ3n) is 9.16. The van der Waals surface area contributed by atoms with Crippen molar-refractivity contribution in [3.63, 3.8) is 0 Å². The fourth-order valence-electron chi connectivity index (χ4n) is 6.72. The van der Waals surface area contributed by atoms with Gasteiger partial charge in [0, 0.05) is 6.42 Å². The number of amides is 3. The number of aryl methyl sites for hydroxylation is 2. The van der Waals surface area contributed by atoms with Crippen LogP contribution in [0.3, 0.4) is 0 Å². The summed E-state index contributed by atoms with van der Waals surface area (Å²) in [6.07, 6.45) is 1.95.